The number of benzene rings is 3. The van der Waals surface area contributed by atoms with Crippen molar-refractivity contribution in [1.82, 2.24) is 9.88 Å². The Morgan fingerprint density at radius 2 is 1.51 bits per heavy atom. The van der Waals surface area contributed by atoms with Crippen LogP contribution in [0.25, 0.3) is 11.1 Å². The third kappa shape index (κ3) is 9.82. The number of carbonyl (C=O) groups is 2. The largest absolute Gasteiger partial charge is 0.461 e. The Labute approximate surface area is 263 Å². The molecule has 3 aromatic carbocycles. The smallest absolute Gasteiger partial charge is 0.306 e. The lowest BCUT2D eigenvalue weighted by molar-refractivity contribution is -0.146. The van der Waals surface area contributed by atoms with Crippen molar-refractivity contribution in [3.8, 4) is 11.1 Å². The van der Waals surface area contributed by atoms with E-state index in [9.17, 15) is 18.0 Å². The Balaban J connectivity index is 0.000000354. The standard InChI is InChI=1S/C27H28N4O3.C7H8O3S/c28-26(29)23-7-3-21(4-8-23)22-5-9-24(10-6-22)27(33)31-14-11-19(12-15-31)16-25(32)34-18-20-2-1-13-30-17-20;1-6-2-4-7(5-3-6)11(8,9)10/h1-10,13,17,19H,11-12,14-16,18H2,(H3,28,29);2-5H,1H3,(H,8,9,10). The quantitative estimate of drug-likeness (QED) is 0.103. The molecule has 1 amide bonds. The molecule has 11 heteroatoms. The summed E-state index contributed by atoms with van der Waals surface area (Å²) in [6.45, 7) is 3.34. The van der Waals surface area contributed by atoms with Gasteiger partial charge >= 0.3 is 5.97 Å². The number of amides is 1. The van der Waals surface area contributed by atoms with E-state index in [1.807, 2.05) is 72.5 Å². The summed E-state index contributed by atoms with van der Waals surface area (Å²) in [6.07, 6.45) is 5.32. The minimum atomic E-state index is -4.02. The number of nitrogens with two attached hydrogens (primary N) is 1. The highest BCUT2D eigenvalue weighted by Crippen LogP contribution is 2.24. The van der Waals surface area contributed by atoms with E-state index in [0.29, 0.717) is 30.6 Å². The summed E-state index contributed by atoms with van der Waals surface area (Å²) in [6, 6.07) is 24.7. The van der Waals surface area contributed by atoms with E-state index in [2.05, 4.69) is 4.98 Å². The number of likely N-dealkylation sites (tertiary alicyclic amines) is 1. The molecule has 1 aromatic heterocycles. The zero-order valence-corrected chi connectivity index (χ0v) is 25.7. The highest BCUT2D eigenvalue weighted by molar-refractivity contribution is 7.85. The molecular formula is C34H36N4O6S. The molecule has 1 aliphatic heterocycles. The summed E-state index contributed by atoms with van der Waals surface area (Å²) in [5, 5.41) is 7.49. The first kappa shape index (κ1) is 33.0. The van der Waals surface area contributed by atoms with E-state index in [0.717, 1.165) is 35.1 Å². The summed E-state index contributed by atoms with van der Waals surface area (Å²) in [4.78, 5) is 30.9. The average molecular weight is 629 g/mol. The molecule has 5 rings (SSSR count). The Morgan fingerprint density at radius 1 is 0.933 bits per heavy atom. The number of amidine groups is 1. The fraction of sp³-hybridized carbons (Fsp3) is 0.235. The molecule has 45 heavy (non-hydrogen) atoms. The number of nitrogens with zero attached hydrogens (tertiary/aromatic N) is 2. The number of rotatable bonds is 8. The monoisotopic (exact) mass is 628 g/mol. The second-order valence-corrected chi connectivity index (χ2v) is 12.2. The first-order chi connectivity index (χ1) is 21.5. The lowest BCUT2D eigenvalue weighted by Gasteiger charge is -2.31. The molecule has 234 valence electrons. The van der Waals surface area contributed by atoms with Crippen molar-refractivity contribution in [2.24, 2.45) is 11.7 Å². The van der Waals surface area contributed by atoms with E-state index in [-0.39, 0.29) is 35.1 Å². The van der Waals surface area contributed by atoms with Gasteiger partial charge in [-0.05, 0) is 67.1 Å². The molecule has 4 N–H and O–H groups in total. The SMILES string of the molecule is Cc1ccc(S(=O)(=O)O)cc1.N=C(N)c1ccc(-c2ccc(C(=O)N3CCC(CC(=O)OCc4cccnc4)CC3)cc2)cc1. The molecular weight excluding hydrogens is 592 g/mol. The third-order valence-electron chi connectivity index (χ3n) is 7.46. The highest BCUT2D eigenvalue weighted by Gasteiger charge is 2.25. The summed E-state index contributed by atoms with van der Waals surface area (Å²) in [7, 11) is -4.02. The predicted molar refractivity (Wildman–Crippen MR) is 171 cm³/mol. The van der Waals surface area contributed by atoms with Crippen molar-refractivity contribution in [2.45, 2.75) is 37.7 Å². The van der Waals surface area contributed by atoms with Crippen molar-refractivity contribution >= 4 is 27.8 Å². The molecule has 0 saturated carbocycles. The molecule has 10 nitrogen and oxygen atoms in total. The fourth-order valence-electron chi connectivity index (χ4n) is 4.82. The van der Waals surface area contributed by atoms with Gasteiger partial charge in [0, 0.05) is 48.6 Å². The number of nitrogen functional groups attached to an aromatic ring is 1. The Bertz CT molecular complexity index is 1700. The normalized spacial score (nSPS) is 13.3. The number of ether oxygens (including phenoxy) is 1. The van der Waals surface area contributed by atoms with Crippen LogP contribution in [0, 0.1) is 18.3 Å². The zero-order chi connectivity index (χ0) is 32.4. The van der Waals surface area contributed by atoms with E-state index >= 15 is 0 Å². The number of carbonyl (C=O) groups excluding carboxylic acids is 2. The Morgan fingerprint density at radius 3 is 2.02 bits per heavy atom. The maximum Gasteiger partial charge on any atom is 0.306 e. The molecule has 1 aliphatic rings. The molecule has 1 fully saturated rings. The van der Waals surface area contributed by atoms with Crippen LogP contribution in [0.2, 0.25) is 0 Å². The third-order valence-corrected chi connectivity index (χ3v) is 8.33. The van der Waals surface area contributed by atoms with E-state index in [1.165, 1.54) is 12.1 Å². The maximum atomic E-state index is 12.9. The molecule has 0 aliphatic carbocycles. The number of pyridine rings is 1. The van der Waals surface area contributed by atoms with Gasteiger partial charge in [-0.1, -0.05) is 60.2 Å². The van der Waals surface area contributed by atoms with Crippen LogP contribution in [0.5, 0.6) is 0 Å². The minimum absolute atomic E-state index is 0.0103. The number of hydrogen-bond donors (Lipinski definition) is 3. The minimum Gasteiger partial charge on any atom is -0.461 e. The number of aromatic nitrogens is 1. The van der Waals surface area contributed by atoms with Crippen LogP contribution in [-0.4, -0.2) is 53.7 Å². The van der Waals surface area contributed by atoms with Gasteiger partial charge in [0.1, 0.15) is 12.4 Å². The lowest BCUT2D eigenvalue weighted by Crippen LogP contribution is -2.39. The van der Waals surface area contributed by atoms with Crippen LogP contribution >= 0.6 is 0 Å². The van der Waals surface area contributed by atoms with Gasteiger partial charge in [0.25, 0.3) is 16.0 Å². The van der Waals surface area contributed by atoms with Crippen LogP contribution < -0.4 is 5.73 Å². The van der Waals surface area contributed by atoms with Crippen LogP contribution in [0.3, 0.4) is 0 Å². The number of aryl methyl sites for hydroxylation is 1. The van der Waals surface area contributed by atoms with Crippen LogP contribution in [0.15, 0.2) is 102 Å². The molecule has 0 bridgehead atoms. The number of piperidine rings is 1. The predicted octanol–water partition coefficient (Wildman–Crippen LogP) is 5.26. The second-order valence-electron chi connectivity index (χ2n) is 10.8. The molecule has 4 aromatic rings. The van der Waals surface area contributed by atoms with Crippen LogP contribution in [-0.2, 0) is 26.3 Å². The van der Waals surface area contributed by atoms with Crippen molar-refractivity contribution in [1.29, 1.82) is 5.41 Å². The maximum absolute atomic E-state index is 12.9. The first-order valence-corrected chi connectivity index (χ1v) is 15.9. The highest BCUT2D eigenvalue weighted by atomic mass is 32.2. The number of hydrogen-bond acceptors (Lipinski definition) is 7. The van der Waals surface area contributed by atoms with Crippen molar-refractivity contribution in [3.05, 3.63) is 120 Å². The first-order valence-electron chi connectivity index (χ1n) is 14.4. The van der Waals surface area contributed by atoms with E-state index < -0.39 is 10.1 Å². The zero-order valence-electron chi connectivity index (χ0n) is 24.9. The Hall–Kier alpha value is -4.87. The molecule has 0 unspecified atom stereocenters. The van der Waals surface area contributed by atoms with Crippen LogP contribution in [0.4, 0.5) is 0 Å². The van der Waals surface area contributed by atoms with E-state index in [4.69, 9.17) is 20.4 Å². The van der Waals surface area contributed by atoms with E-state index in [1.54, 1.807) is 24.5 Å². The van der Waals surface area contributed by atoms with Gasteiger partial charge in [0.05, 0.1) is 4.90 Å². The summed E-state index contributed by atoms with van der Waals surface area (Å²) < 4.78 is 34.9. The van der Waals surface area contributed by atoms with Gasteiger partial charge < -0.3 is 15.4 Å². The molecule has 0 radical (unpaired) electrons. The van der Waals surface area contributed by atoms with Crippen molar-refractivity contribution < 1.29 is 27.3 Å². The number of nitrogens with one attached hydrogen (secondary N) is 1. The molecule has 0 spiro atoms. The molecule has 1 saturated heterocycles. The lowest BCUT2D eigenvalue weighted by atomic mass is 9.93. The summed E-state index contributed by atoms with van der Waals surface area (Å²) in [5.74, 6) is 0.0697. The average Bonchev–Trinajstić information content (AvgIpc) is 3.04. The van der Waals surface area contributed by atoms with Gasteiger partial charge in [-0.3, -0.25) is 24.5 Å². The van der Waals surface area contributed by atoms with Crippen molar-refractivity contribution in [3.63, 3.8) is 0 Å². The van der Waals surface area contributed by atoms with Gasteiger partial charge in [0.15, 0.2) is 0 Å². The topological polar surface area (TPSA) is 164 Å². The van der Waals surface area contributed by atoms with Gasteiger partial charge in [-0.15, -0.1) is 0 Å². The second kappa shape index (κ2) is 15.2. The van der Waals surface area contributed by atoms with Crippen LogP contribution in [0.1, 0.15) is 46.3 Å². The number of esters is 1. The molecule has 0 atom stereocenters. The van der Waals surface area contributed by atoms with Crippen molar-refractivity contribution in [2.75, 3.05) is 13.1 Å². The van der Waals surface area contributed by atoms with Gasteiger partial charge in [-0.25, -0.2) is 0 Å². The van der Waals surface area contributed by atoms with Gasteiger partial charge in [-0.2, -0.15) is 8.42 Å². The Kier molecular flexibility index (Phi) is 11.2. The summed E-state index contributed by atoms with van der Waals surface area (Å²) >= 11 is 0. The molecule has 2 heterocycles. The summed E-state index contributed by atoms with van der Waals surface area (Å²) in [5.41, 5.74) is 10.7. The van der Waals surface area contributed by atoms with Gasteiger partial charge in [0.2, 0.25) is 0 Å². The fourth-order valence-corrected chi connectivity index (χ4v) is 5.30.